The maximum Gasteiger partial charge on any atom is 0.220 e. The molecule has 3 N–H and O–H groups in total. The van der Waals surface area contributed by atoms with Crippen molar-refractivity contribution < 1.29 is 12.4 Å². The van der Waals surface area contributed by atoms with Crippen LogP contribution in [0.1, 0.15) is 56.7 Å². The van der Waals surface area contributed by atoms with E-state index in [9.17, 15) is 9.59 Å². The molecule has 6 heteroatoms. The Morgan fingerprint density at radius 1 is 1.05 bits per heavy atom. The van der Waals surface area contributed by atoms with Crippen LogP contribution in [0, 0.1) is 0 Å². The number of ketones is 1. The van der Waals surface area contributed by atoms with Gasteiger partial charge in [-0.25, -0.2) is 0 Å². The topological polar surface area (TPSA) is 72.2 Å². The average Bonchev–Trinajstić information content (AvgIpc) is 2.52. The van der Waals surface area contributed by atoms with Crippen molar-refractivity contribution in [1.29, 1.82) is 0 Å². The molecule has 0 aliphatic heterocycles. The van der Waals surface area contributed by atoms with Crippen LogP contribution in [0.3, 0.4) is 0 Å². The first-order chi connectivity index (χ1) is 9.70. The number of nitrogens with two attached hydrogens (primary N) is 1. The van der Waals surface area contributed by atoms with Gasteiger partial charge < -0.3 is 11.1 Å². The number of rotatable bonds is 10. The average molecular weight is 329 g/mol. The predicted molar refractivity (Wildman–Crippen MR) is 98.4 cm³/mol. The smallest absolute Gasteiger partial charge is 0.220 e. The Morgan fingerprint density at radius 3 is 2.10 bits per heavy atom. The lowest BCUT2D eigenvalue weighted by Crippen LogP contribution is -2.25. The maximum atomic E-state index is 11.3. The fourth-order valence-corrected chi connectivity index (χ4v) is 2.68. The summed E-state index contributed by atoms with van der Waals surface area (Å²) in [6.07, 6.45) is 1.18. The minimum atomic E-state index is -0.0359. The van der Waals surface area contributed by atoms with Gasteiger partial charge in [0.2, 0.25) is 5.91 Å². The van der Waals surface area contributed by atoms with Crippen LogP contribution in [-0.4, -0.2) is 36.3 Å². The SMILES string of the molecule is CC.CC.CCC(=O)CCC(=O)NCCSSCCN.[HH].[HH]. The van der Waals surface area contributed by atoms with Crippen molar-refractivity contribution in [1.82, 2.24) is 5.32 Å². The zero-order valence-corrected chi connectivity index (χ0v) is 15.3. The molecule has 0 aliphatic carbocycles. The second kappa shape index (κ2) is 23.9. The van der Waals surface area contributed by atoms with E-state index in [-0.39, 0.29) is 14.5 Å². The zero-order chi connectivity index (χ0) is 16.2. The Labute approximate surface area is 135 Å². The number of nitrogens with one attached hydrogen (secondary N) is 1. The summed E-state index contributed by atoms with van der Waals surface area (Å²) < 4.78 is 0. The van der Waals surface area contributed by atoms with E-state index in [1.165, 1.54) is 0 Å². The van der Waals surface area contributed by atoms with Gasteiger partial charge in [-0.05, 0) is 0 Å². The van der Waals surface area contributed by atoms with Crippen LogP contribution in [0.5, 0.6) is 0 Å². The molecule has 20 heavy (non-hydrogen) atoms. The summed E-state index contributed by atoms with van der Waals surface area (Å²) in [5.41, 5.74) is 5.34. The fraction of sp³-hybridized carbons (Fsp3) is 0.857. The van der Waals surface area contributed by atoms with Gasteiger partial charge >= 0.3 is 0 Å². The highest BCUT2D eigenvalue weighted by Gasteiger charge is 2.04. The van der Waals surface area contributed by atoms with Crippen LogP contribution in [0.25, 0.3) is 0 Å². The highest BCUT2D eigenvalue weighted by Crippen LogP contribution is 2.18. The molecule has 0 aromatic carbocycles. The summed E-state index contributed by atoms with van der Waals surface area (Å²) >= 11 is 0. The van der Waals surface area contributed by atoms with Gasteiger partial charge in [-0.1, -0.05) is 56.2 Å². The number of hydrogen-bond acceptors (Lipinski definition) is 5. The molecule has 0 radical (unpaired) electrons. The molecule has 0 rings (SSSR count). The quantitative estimate of drug-likeness (QED) is 0.472. The zero-order valence-electron chi connectivity index (χ0n) is 13.7. The first-order valence-electron chi connectivity index (χ1n) is 7.43. The fourth-order valence-electron chi connectivity index (χ4n) is 0.916. The third-order valence-corrected chi connectivity index (χ3v) is 4.26. The highest BCUT2D eigenvalue weighted by atomic mass is 33.1. The van der Waals surface area contributed by atoms with Gasteiger partial charge in [0.1, 0.15) is 5.78 Å². The Bertz CT molecular complexity index is 225. The molecule has 0 atom stereocenters. The minimum absolute atomic E-state index is 0. The molecular weight excluding hydrogens is 292 g/mol. The van der Waals surface area contributed by atoms with E-state index in [1.807, 2.05) is 34.6 Å². The molecule has 0 heterocycles. The molecule has 0 saturated heterocycles. The summed E-state index contributed by atoms with van der Waals surface area (Å²) in [7, 11) is 3.42. The van der Waals surface area contributed by atoms with Crippen molar-refractivity contribution >= 4 is 33.3 Å². The molecule has 0 fully saturated rings. The largest absolute Gasteiger partial charge is 0.355 e. The van der Waals surface area contributed by atoms with Crippen molar-refractivity contribution in [3.05, 3.63) is 0 Å². The monoisotopic (exact) mass is 328 g/mol. The number of amides is 1. The molecule has 126 valence electrons. The Balaban J connectivity index is -0.000000147. The maximum absolute atomic E-state index is 11.3. The van der Waals surface area contributed by atoms with Crippen LogP contribution >= 0.6 is 21.6 Å². The predicted octanol–water partition coefficient (Wildman–Crippen LogP) is 3.75. The number of hydrogen-bond donors (Lipinski definition) is 2. The summed E-state index contributed by atoms with van der Waals surface area (Å²) in [5.74, 6) is 1.91. The molecule has 0 saturated carbocycles. The van der Waals surface area contributed by atoms with E-state index in [4.69, 9.17) is 5.73 Å². The lowest BCUT2D eigenvalue weighted by Gasteiger charge is -2.03. The van der Waals surface area contributed by atoms with Crippen molar-refractivity contribution in [3.8, 4) is 0 Å². The van der Waals surface area contributed by atoms with Gasteiger partial charge in [0.15, 0.2) is 0 Å². The number of carbonyl (C=O) groups is 2. The van der Waals surface area contributed by atoms with Crippen LogP contribution in [-0.2, 0) is 9.59 Å². The normalized spacial score (nSPS) is 8.70. The van der Waals surface area contributed by atoms with E-state index < -0.39 is 0 Å². The summed E-state index contributed by atoms with van der Waals surface area (Å²) in [6.45, 7) is 11.1. The third kappa shape index (κ3) is 22.9. The van der Waals surface area contributed by atoms with Crippen molar-refractivity contribution in [2.24, 2.45) is 5.73 Å². The lowest BCUT2D eigenvalue weighted by atomic mass is 10.2. The first-order valence-corrected chi connectivity index (χ1v) is 9.92. The summed E-state index contributed by atoms with van der Waals surface area (Å²) in [4.78, 5) is 22.2. The van der Waals surface area contributed by atoms with Crippen LogP contribution in [0.4, 0.5) is 0 Å². The van der Waals surface area contributed by atoms with Crippen molar-refractivity contribution in [2.45, 2.75) is 53.9 Å². The molecule has 0 unspecified atom stereocenters. The number of Topliss-reactive ketones (excluding diaryl/α,β-unsaturated/α-hetero) is 1. The molecule has 4 nitrogen and oxygen atoms in total. The minimum Gasteiger partial charge on any atom is -0.355 e. The van der Waals surface area contributed by atoms with Crippen molar-refractivity contribution in [3.63, 3.8) is 0 Å². The van der Waals surface area contributed by atoms with Crippen LogP contribution < -0.4 is 11.1 Å². The van der Waals surface area contributed by atoms with Gasteiger partial charge in [-0.3, -0.25) is 9.59 Å². The summed E-state index contributed by atoms with van der Waals surface area (Å²) in [6, 6.07) is 0. The van der Waals surface area contributed by atoms with E-state index in [1.54, 1.807) is 21.6 Å². The molecule has 0 aromatic heterocycles. The van der Waals surface area contributed by atoms with Crippen molar-refractivity contribution in [2.75, 3.05) is 24.6 Å². The lowest BCUT2D eigenvalue weighted by molar-refractivity contribution is -0.125. The number of carbonyl (C=O) groups excluding carboxylic acids is 2. The Hall–Kier alpha value is -0.200. The molecule has 0 aromatic rings. The van der Waals surface area contributed by atoms with E-state index in [2.05, 4.69) is 5.32 Å². The van der Waals surface area contributed by atoms with Gasteiger partial charge in [0.25, 0.3) is 0 Å². The van der Waals surface area contributed by atoms with Crippen LogP contribution in [0.15, 0.2) is 0 Å². The molecule has 0 bridgehead atoms. The van der Waals surface area contributed by atoms with E-state index in [0.29, 0.717) is 32.4 Å². The van der Waals surface area contributed by atoms with Gasteiger partial charge in [0, 0.05) is 46.7 Å². The highest BCUT2D eigenvalue weighted by molar-refractivity contribution is 8.76. The standard InChI is InChI=1S/C10H20N2O2S2.2C2H6.2H2/c1-2-9(13)3-4-10(14)12-6-8-16-15-7-5-11;2*1-2;;/h2-8,11H2,1H3,(H,12,14);2*1-2H3;2*1H. The second-order valence-corrected chi connectivity index (χ2v) is 5.88. The Morgan fingerprint density at radius 2 is 1.60 bits per heavy atom. The van der Waals surface area contributed by atoms with E-state index >= 15 is 0 Å². The Kier molecular flexibility index (Phi) is 29.6. The molecule has 0 spiro atoms. The van der Waals surface area contributed by atoms with Gasteiger partial charge in [-0.2, -0.15) is 0 Å². The summed E-state index contributed by atoms with van der Waals surface area (Å²) in [5, 5.41) is 2.78. The third-order valence-electron chi connectivity index (χ3n) is 1.82. The molecule has 0 aliphatic rings. The first kappa shape index (κ1) is 24.8. The van der Waals surface area contributed by atoms with Gasteiger partial charge in [0.05, 0.1) is 0 Å². The molecular formula is C14H36N2O2S2. The second-order valence-electron chi connectivity index (χ2n) is 3.17. The van der Waals surface area contributed by atoms with Gasteiger partial charge in [-0.15, -0.1) is 0 Å². The van der Waals surface area contributed by atoms with Crippen LogP contribution in [0.2, 0.25) is 0 Å². The molecule has 1 amide bonds. The van der Waals surface area contributed by atoms with E-state index in [0.717, 1.165) is 11.5 Å².